The first-order valence-electron chi connectivity index (χ1n) is 22.3. The zero-order chi connectivity index (χ0) is 44.3. The Morgan fingerprint density at radius 3 is 2.19 bits per heavy atom. The van der Waals surface area contributed by atoms with Crippen LogP contribution in [0, 0.1) is 29.1 Å². The molecule has 8 atom stereocenters. The van der Waals surface area contributed by atoms with Crippen molar-refractivity contribution in [2.45, 2.75) is 90.5 Å². The van der Waals surface area contributed by atoms with Crippen molar-refractivity contribution < 1.29 is 33.4 Å². The van der Waals surface area contributed by atoms with Crippen molar-refractivity contribution in [1.82, 2.24) is 40.4 Å². The molecule has 332 valence electrons. The Morgan fingerprint density at radius 1 is 0.841 bits per heavy atom. The number of fused-ring (bicyclic) bond motifs is 4. The number of benzene rings is 3. The number of H-pyrrole nitrogens is 2. The number of nitrogens with one attached hydrogen (secondary N) is 4. The lowest BCUT2D eigenvalue weighted by molar-refractivity contribution is -0.137. The standard InChI is InChI=1S/C48H58N8O7/c1-25(2)38(53-46(59)61-6)44(57)55-23-48(17-8-18-63-24-48)21-37(55)42-49-22-35(51-42)29-11-9-28(10-12-29)30-13-15-32-31(19-30)14-16-34-40(32)52-43(50-34)36-20-33-27(5)41(33)56(36)45(58)39(26(3)4)54-47(60)62-7/h9-16,19,22,25-27,33,36-39,41H,8,17-18,20-21,23-24H2,1-7H3,(H,49,51)(H,50,52)(H,53,59)(H,54,60)/t27?,33?,36-,37-,38-,39-,41?,48-/m0/s1. The summed E-state index contributed by atoms with van der Waals surface area (Å²) in [7, 11) is 2.61. The van der Waals surface area contributed by atoms with E-state index in [1.807, 2.05) is 49.8 Å². The molecule has 2 aromatic heterocycles. The average Bonchev–Trinajstić information content (AvgIpc) is 3.89. The minimum atomic E-state index is -0.740. The fraction of sp³-hybridized carbons (Fsp3) is 0.500. The van der Waals surface area contributed by atoms with Gasteiger partial charge in [-0.3, -0.25) is 9.59 Å². The van der Waals surface area contributed by atoms with Crippen molar-refractivity contribution in [3.8, 4) is 22.4 Å². The molecule has 3 aromatic carbocycles. The van der Waals surface area contributed by atoms with Crippen LogP contribution in [-0.4, -0.2) is 106 Å². The SMILES string of the molecule is COC(=O)N[C@H](C(=O)N1C[C@]2(CCCOC2)C[C@H]1c1ncc(-c2ccc(-c3ccc4c(ccc5nc([C@@H]6CC7C(C)C7N6C(=O)[C@@H](NC(=O)OC)C(C)C)[nH]c54)c3)cc2)[nH]1)C(C)C. The predicted octanol–water partition coefficient (Wildman–Crippen LogP) is 7.51. The van der Waals surface area contributed by atoms with E-state index in [9.17, 15) is 19.2 Å². The fourth-order valence-corrected chi connectivity index (χ4v) is 10.6. The third kappa shape index (κ3) is 7.78. The van der Waals surface area contributed by atoms with Gasteiger partial charge in [0.05, 0.1) is 55.8 Å². The van der Waals surface area contributed by atoms with Gasteiger partial charge in [0, 0.05) is 30.0 Å². The topological polar surface area (TPSA) is 184 Å². The van der Waals surface area contributed by atoms with Crippen LogP contribution in [0.4, 0.5) is 9.59 Å². The molecule has 9 rings (SSSR count). The molecule has 15 heteroatoms. The molecular weight excluding hydrogens is 801 g/mol. The Morgan fingerprint density at radius 2 is 1.52 bits per heavy atom. The second kappa shape index (κ2) is 16.6. The molecule has 0 radical (unpaired) electrons. The van der Waals surface area contributed by atoms with Crippen molar-refractivity contribution in [3.63, 3.8) is 0 Å². The first kappa shape index (κ1) is 42.3. The van der Waals surface area contributed by atoms with Crippen LogP contribution in [0.1, 0.15) is 84.0 Å². The molecule has 3 aliphatic heterocycles. The minimum Gasteiger partial charge on any atom is -0.453 e. The number of aromatic amines is 2. The number of rotatable bonds is 10. The number of alkyl carbamates (subject to hydrolysis) is 2. The molecule has 5 heterocycles. The van der Waals surface area contributed by atoms with E-state index in [2.05, 4.69) is 76.1 Å². The van der Waals surface area contributed by atoms with Gasteiger partial charge in [-0.1, -0.05) is 77.1 Å². The Labute approximate surface area is 367 Å². The normalized spacial score (nSPS) is 25.1. The lowest BCUT2D eigenvalue weighted by atomic mass is 9.80. The van der Waals surface area contributed by atoms with E-state index >= 15 is 0 Å². The van der Waals surface area contributed by atoms with E-state index < -0.39 is 24.3 Å². The van der Waals surface area contributed by atoms with Crippen LogP contribution in [0.3, 0.4) is 0 Å². The number of imidazole rings is 2. The van der Waals surface area contributed by atoms with Gasteiger partial charge in [-0.25, -0.2) is 19.6 Å². The lowest BCUT2D eigenvalue weighted by Crippen LogP contribution is -2.52. The average molecular weight is 859 g/mol. The van der Waals surface area contributed by atoms with E-state index in [0.717, 1.165) is 82.3 Å². The maximum absolute atomic E-state index is 14.2. The highest BCUT2D eigenvalue weighted by atomic mass is 16.5. The highest BCUT2D eigenvalue weighted by Gasteiger charge is 2.61. The van der Waals surface area contributed by atoms with Crippen LogP contribution >= 0.6 is 0 Å². The van der Waals surface area contributed by atoms with E-state index in [4.69, 9.17) is 24.2 Å². The highest BCUT2D eigenvalue weighted by molar-refractivity contribution is 6.05. The lowest BCUT2D eigenvalue weighted by Gasteiger charge is -2.33. The van der Waals surface area contributed by atoms with Gasteiger partial charge in [-0.2, -0.15) is 0 Å². The first-order valence-corrected chi connectivity index (χ1v) is 22.3. The number of carbonyl (C=O) groups is 4. The zero-order valence-corrected chi connectivity index (χ0v) is 37.1. The van der Waals surface area contributed by atoms with E-state index in [-0.39, 0.29) is 47.2 Å². The molecule has 4 amide bonds. The second-order valence-electron chi connectivity index (χ2n) is 18.8. The number of carbonyl (C=O) groups excluding carboxylic acids is 4. The predicted molar refractivity (Wildman–Crippen MR) is 237 cm³/mol. The quantitative estimate of drug-likeness (QED) is 0.110. The Bertz CT molecular complexity index is 2540. The number of aromatic nitrogens is 4. The summed E-state index contributed by atoms with van der Waals surface area (Å²) in [5, 5.41) is 7.64. The molecule has 1 spiro atoms. The van der Waals surface area contributed by atoms with Gasteiger partial charge >= 0.3 is 12.2 Å². The molecule has 1 aliphatic carbocycles. The largest absolute Gasteiger partial charge is 0.453 e. The Balaban J connectivity index is 0.941. The summed E-state index contributed by atoms with van der Waals surface area (Å²) in [6.45, 7) is 11.7. The summed E-state index contributed by atoms with van der Waals surface area (Å²) in [5.74, 6) is 1.75. The third-order valence-corrected chi connectivity index (χ3v) is 14.1. The molecule has 0 bridgehead atoms. The van der Waals surface area contributed by atoms with E-state index in [1.54, 1.807) is 0 Å². The van der Waals surface area contributed by atoms with Gasteiger partial charge in [0.2, 0.25) is 11.8 Å². The maximum Gasteiger partial charge on any atom is 0.407 e. The second-order valence-corrected chi connectivity index (χ2v) is 18.8. The zero-order valence-electron chi connectivity index (χ0n) is 37.1. The maximum atomic E-state index is 14.2. The Hall–Kier alpha value is -5.96. The van der Waals surface area contributed by atoms with Crippen molar-refractivity contribution in [3.05, 3.63) is 72.4 Å². The summed E-state index contributed by atoms with van der Waals surface area (Å²) >= 11 is 0. The van der Waals surface area contributed by atoms with Crippen molar-refractivity contribution in [2.75, 3.05) is 34.0 Å². The number of amides is 4. The number of nitrogens with zero attached hydrogens (tertiary/aromatic N) is 4. The monoisotopic (exact) mass is 858 g/mol. The molecule has 3 unspecified atom stereocenters. The molecule has 4 N–H and O–H groups in total. The van der Waals surface area contributed by atoms with Crippen molar-refractivity contribution in [2.24, 2.45) is 29.1 Å². The number of hydrogen-bond acceptors (Lipinski definition) is 9. The van der Waals surface area contributed by atoms with Crippen LogP contribution in [0.25, 0.3) is 44.2 Å². The van der Waals surface area contributed by atoms with Gasteiger partial charge in [-0.05, 0) is 83.6 Å². The summed E-state index contributed by atoms with van der Waals surface area (Å²) in [6, 6.07) is 17.1. The van der Waals surface area contributed by atoms with Gasteiger partial charge in [0.25, 0.3) is 0 Å². The highest BCUT2D eigenvalue weighted by Crippen LogP contribution is 2.58. The van der Waals surface area contributed by atoms with Crippen LogP contribution in [0.15, 0.2) is 60.8 Å². The van der Waals surface area contributed by atoms with Crippen molar-refractivity contribution >= 4 is 45.8 Å². The third-order valence-electron chi connectivity index (χ3n) is 14.1. The van der Waals surface area contributed by atoms with Crippen LogP contribution in [0.2, 0.25) is 0 Å². The summed E-state index contributed by atoms with van der Waals surface area (Å²) in [4.78, 5) is 73.6. The molecule has 63 heavy (non-hydrogen) atoms. The Kier molecular flexibility index (Phi) is 11.2. The molecule has 4 fully saturated rings. The van der Waals surface area contributed by atoms with Gasteiger partial charge in [-0.15, -0.1) is 0 Å². The van der Waals surface area contributed by atoms with Gasteiger partial charge < -0.3 is 44.6 Å². The molecular formula is C48H58N8O7. The minimum absolute atomic E-state index is 0.104. The van der Waals surface area contributed by atoms with Crippen molar-refractivity contribution in [1.29, 1.82) is 0 Å². The van der Waals surface area contributed by atoms with Crippen LogP contribution in [0.5, 0.6) is 0 Å². The molecule has 1 saturated carbocycles. The number of methoxy groups -OCH3 is 2. The van der Waals surface area contributed by atoms with Crippen LogP contribution < -0.4 is 10.6 Å². The molecule has 3 saturated heterocycles. The molecule has 4 aliphatic rings. The van der Waals surface area contributed by atoms with E-state index in [1.165, 1.54) is 14.2 Å². The molecule has 5 aromatic rings. The summed E-state index contributed by atoms with van der Waals surface area (Å²) in [5.41, 5.74) is 5.54. The number of likely N-dealkylation sites (tertiary alicyclic amines) is 2. The number of ether oxygens (including phenoxy) is 3. The first-order chi connectivity index (χ1) is 30.3. The van der Waals surface area contributed by atoms with Gasteiger partial charge in [0.1, 0.15) is 23.7 Å². The molecule has 15 nitrogen and oxygen atoms in total. The fourth-order valence-electron chi connectivity index (χ4n) is 10.6. The van der Waals surface area contributed by atoms with E-state index in [0.29, 0.717) is 30.8 Å². The van der Waals surface area contributed by atoms with Gasteiger partial charge in [0.15, 0.2) is 0 Å². The summed E-state index contributed by atoms with van der Waals surface area (Å²) in [6.07, 6.45) is 4.01. The van der Waals surface area contributed by atoms with Crippen LogP contribution in [-0.2, 0) is 23.8 Å². The number of piperidine rings is 1. The smallest absolute Gasteiger partial charge is 0.407 e. The summed E-state index contributed by atoms with van der Waals surface area (Å²) < 4.78 is 15.7. The number of hydrogen-bond donors (Lipinski definition) is 4.